The van der Waals surface area contributed by atoms with Crippen molar-refractivity contribution in [2.24, 2.45) is 0 Å². The van der Waals surface area contributed by atoms with E-state index < -0.39 is 11.6 Å². The summed E-state index contributed by atoms with van der Waals surface area (Å²) in [5.74, 6) is -1.70. The van der Waals surface area contributed by atoms with Gasteiger partial charge in [0.05, 0.1) is 0 Å². The summed E-state index contributed by atoms with van der Waals surface area (Å²) in [4.78, 5) is 12.1. The maximum absolute atomic E-state index is 13.5. The van der Waals surface area contributed by atoms with Crippen LogP contribution in [0.5, 0.6) is 0 Å². The van der Waals surface area contributed by atoms with E-state index in [0.29, 0.717) is 11.5 Å². The van der Waals surface area contributed by atoms with Crippen LogP contribution >= 0.6 is 0 Å². The Hall–Kier alpha value is -2.03. The van der Waals surface area contributed by atoms with Gasteiger partial charge in [-0.1, -0.05) is 50.2 Å². The number of hydrogen-bond acceptors (Lipinski definition) is 1. The lowest BCUT2D eigenvalue weighted by Gasteiger charge is -2.07. The average Bonchev–Trinajstić information content (AvgIpc) is 2.44. The molecule has 0 N–H and O–H groups in total. The monoisotopic (exact) mass is 274 g/mol. The van der Waals surface area contributed by atoms with Gasteiger partial charge < -0.3 is 0 Å². The first-order valence-electron chi connectivity index (χ1n) is 6.55. The van der Waals surface area contributed by atoms with E-state index in [4.69, 9.17) is 0 Å². The van der Waals surface area contributed by atoms with Crippen molar-refractivity contribution in [2.75, 3.05) is 0 Å². The van der Waals surface area contributed by atoms with Crippen LogP contribution < -0.4 is 0 Å². The molecule has 0 saturated carbocycles. The zero-order valence-corrected chi connectivity index (χ0v) is 11.5. The van der Waals surface area contributed by atoms with Gasteiger partial charge in [0, 0.05) is 12.0 Å². The summed E-state index contributed by atoms with van der Waals surface area (Å²) in [6.45, 7) is 4.14. The fraction of sp³-hybridized carbons (Fsp3) is 0.235. The molecule has 20 heavy (non-hydrogen) atoms. The third-order valence-corrected chi connectivity index (χ3v) is 3.28. The summed E-state index contributed by atoms with van der Waals surface area (Å²) in [5.41, 5.74) is 1.74. The Morgan fingerprint density at radius 2 is 1.70 bits per heavy atom. The zero-order valence-electron chi connectivity index (χ0n) is 11.5. The number of carbonyl (C=O) groups is 1. The third-order valence-electron chi connectivity index (χ3n) is 3.28. The molecule has 0 aliphatic heterocycles. The van der Waals surface area contributed by atoms with Crippen LogP contribution in [0.15, 0.2) is 42.5 Å². The Kier molecular flexibility index (Phi) is 4.28. The normalized spacial score (nSPS) is 10.8. The highest BCUT2D eigenvalue weighted by Crippen LogP contribution is 2.17. The minimum atomic E-state index is -0.945. The molecule has 3 heteroatoms. The number of halogens is 2. The molecule has 0 aromatic heterocycles. The molecule has 0 aliphatic rings. The molecule has 0 atom stereocenters. The van der Waals surface area contributed by atoms with Crippen molar-refractivity contribution in [3.05, 3.63) is 70.8 Å². The molecule has 0 radical (unpaired) electrons. The Morgan fingerprint density at radius 3 is 2.30 bits per heavy atom. The topological polar surface area (TPSA) is 17.1 Å². The van der Waals surface area contributed by atoms with Crippen LogP contribution in [0.25, 0.3) is 0 Å². The lowest BCUT2D eigenvalue weighted by atomic mass is 9.98. The SMILES string of the molecule is CC(C)c1ccc(C(=O)Cc2cccc(F)c2F)cc1. The van der Waals surface area contributed by atoms with Crippen molar-refractivity contribution >= 4 is 5.78 Å². The van der Waals surface area contributed by atoms with Gasteiger partial charge in [-0.05, 0) is 23.1 Å². The summed E-state index contributed by atoms with van der Waals surface area (Å²) >= 11 is 0. The largest absolute Gasteiger partial charge is 0.294 e. The minimum Gasteiger partial charge on any atom is -0.294 e. The zero-order chi connectivity index (χ0) is 14.7. The summed E-state index contributed by atoms with van der Waals surface area (Å²) in [7, 11) is 0. The molecule has 0 fully saturated rings. The first-order chi connectivity index (χ1) is 9.49. The Labute approximate surface area is 117 Å². The average molecular weight is 274 g/mol. The maximum atomic E-state index is 13.5. The molecule has 0 heterocycles. The van der Waals surface area contributed by atoms with Crippen LogP contribution in [0.3, 0.4) is 0 Å². The van der Waals surface area contributed by atoms with Crippen LogP contribution in [0, 0.1) is 11.6 Å². The molecule has 0 spiro atoms. The minimum absolute atomic E-state index is 0.0861. The van der Waals surface area contributed by atoms with E-state index >= 15 is 0 Å². The second-order valence-corrected chi connectivity index (χ2v) is 5.09. The standard InChI is InChI=1S/C17H16F2O/c1-11(2)12-6-8-13(9-7-12)16(20)10-14-4-3-5-15(18)17(14)19/h3-9,11H,10H2,1-2H3. The molecular weight excluding hydrogens is 258 g/mol. The molecule has 2 aromatic carbocycles. The van der Waals surface area contributed by atoms with E-state index in [1.807, 2.05) is 12.1 Å². The molecular formula is C17H16F2O. The number of hydrogen-bond donors (Lipinski definition) is 0. The predicted molar refractivity (Wildman–Crippen MR) is 74.9 cm³/mol. The molecule has 104 valence electrons. The van der Waals surface area contributed by atoms with Crippen molar-refractivity contribution in [3.8, 4) is 0 Å². The van der Waals surface area contributed by atoms with Gasteiger partial charge in [0.2, 0.25) is 0 Å². The van der Waals surface area contributed by atoms with Crippen molar-refractivity contribution in [1.82, 2.24) is 0 Å². The quantitative estimate of drug-likeness (QED) is 0.749. The van der Waals surface area contributed by atoms with Crippen LogP contribution in [0.1, 0.15) is 41.3 Å². The molecule has 0 aliphatic carbocycles. The van der Waals surface area contributed by atoms with E-state index in [9.17, 15) is 13.6 Å². The van der Waals surface area contributed by atoms with Crippen molar-refractivity contribution in [2.45, 2.75) is 26.2 Å². The number of ketones is 1. The molecule has 0 saturated heterocycles. The summed E-state index contributed by atoms with van der Waals surface area (Å²) < 4.78 is 26.6. The molecule has 2 rings (SSSR count). The van der Waals surface area contributed by atoms with Crippen LogP contribution in [0.2, 0.25) is 0 Å². The van der Waals surface area contributed by atoms with Crippen LogP contribution in [-0.2, 0) is 6.42 Å². The van der Waals surface area contributed by atoms with E-state index in [1.165, 1.54) is 12.1 Å². The van der Waals surface area contributed by atoms with Crippen molar-refractivity contribution in [1.29, 1.82) is 0 Å². The predicted octanol–water partition coefficient (Wildman–Crippen LogP) is 4.51. The van der Waals surface area contributed by atoms with Gasteiger partial charge >= 0.3 is 0 Å². The fourth-order valence-electron chi connectivity index (χ4n) is 2.01. The molecule has 1 nitrogen and oxygen atoms in total. The van der Waals surface area contributed by atoms with E-state index in [1.54, 1.807) is 12.1 Å². The first-order valence-corrected chi connectivity index (χ1v) is 6.55. The highest BCUT2D eigenvalue weighted by atomic mass is 19.2. The van der Waals surface area contributed by atoms with Gasteiger partial charge in [-0.2, -0.15) is 0 Å². The number of benzene rings is 2. The van der Waals surface area contributed by atoms with Gasteiger partial charge in [-0.15, -0.1) is 0 Å². The van der Waals surface area contributed by atoms with Gasteiger partial charge in [0.25, 0.3) is 0 Å². The number of rotatable bonds is 4. The molecule has 0 unspecified atom stereocenters. The van der Waals surface area contributed by atoms with E-state index in [2.05, 4.69) is 13.8 Å². The van der Waals surface area contributed by atoms with Crippen molar-refractivity contribution in [3.63, 3.8) is 0 Å². The first kappa shape index (κ1) is 14.4. The smallest absolute Gasteiger partial charge is 0.167 e. The van der Waals surface area contributed by atoms with E-state index in [-0.39, 0.29) is 17.8 Å². The summed E-state index contributed by atoms with van der Waals surface area (Å²) in [6, 6.07) is 11.1. The number of carbonyl (C=O) groups excluding carboxylic acids is 1. The lowest BCUT2D eigenvalue weighted by molar-refractivity contribution is 0.0991. The highest BCUT2D eigenvalue weighted by molar-refractivity contribution is 5.97. The van der Waals surface area contributed by atoms with Gasteiger partial charge in [0.15, 0.2) is 17.4 Å². The fourth-order valence-corrected chi connectivity index (χ4v) is 2.01. The third kappa shape index (κ3) is 3.10. The molecule has 0 amide bonds. The summed E-state index contributed by atoms with van der Waals surface area (Å²) in [6.07, 6.45) is -0.134. The Morgan fingerprint density at radius 1 is 1.05 bits per heavy atom. The number of Topliss-reactive ketones (excluding diaryl/α,β-unsaturated/α-hetero) is 1. The Balaban J connectivity index is 2.18. The van der Waals surface area contributed by atoms with Gasteiger partial charge in [0.1, 0.15) is 0 Å². The van der Waals surface area contributed by atoms with E-state index in [0.717, 1.165) is 11.6 Å². The summed E-state index contributed by atoms with van der Waals surface area (Å²) in [5, 5.41) is 0. The Bertz CT molecular complexity index is 615. The molecule has 0 bridgehead atoms. The molecule has 2 aromatic rings. The maximum Gasteiger partial charge on any atom is 0.167 e. The van der Waals surface area contributed by atoms with Crippen LogP contribution in [0.4, 0.5) is 8.78 Å². The van der Waals surface area contributed by atoms with Gasteiger partial charge in [-0.3, -0.25) is 4.79 Å². The highest BCUT2D eigenvalue weighted by Gasteiger charge is 2.13. The van der Waals surface area contributed by atoms with Crippen LogP contribution in [-0.4, -0.2) is 5.78 Å². The second kappa shape index (κ2) is 5.95. The lowest BCUT2D eigenvalue weighted by Crippen LogP contribution is -2.06. The van der Waals surface area contributed by atoms with Crippen molar-refractivity contribution < 1.29 is 13.6 Å². The second-order valence-electron chi connectivity index (χ2n) is 5.09. The van der Waals surface area contributed by atoms with Gasteiger partial charge in [-0.25, -0.2) is 8.78 Å².